The van der Waals surface area contributed by atoms with Crippen LogP contribution in [0.5, 0.6) is 0 Å². The maximum atomic E-state index is 9.72. The zero-order chi connectivity index (χ0) is 9.78. The maximum Gasteiger partial charge on any atom is 0.0668 e. The van der Waals surface area contributed by atoms with E-state index in [1.165, 1.54) is 0 Å². The van der Waals surface area contributed by atoms with Crippen molar-refractivity contribution in [2.24, 2.45) is 5.41 Å². The SMILES string of the molecule is C=C=CC(C)(C)C(O)CC(=C)C. The van der Waals surface area contributed by atoms with Gasteiger partial charge in [-0.3, -0.25) is 0 Å². The third kappa shape index (κ3) is 3.56. The summed E-state index contributed by atoms with van der Waals surface area (Å²) in [5.41, 5.74) is 3.43. The summed E-state index contributed by atoms with van der Waals surface area (Å²) in [6, 6.07) is 0. The summed E-state index contributed by atoms with van der Waals surface area (Å²) < 4.78 is 0. The molecule has 0 saturated carbocycles. The summed E-state index contributed by atoms with van der Waals surface area (Å²) in [5.74, 6) is 0. The minimum absolute atomic E-state index is 0.263. The Hall–Kier alpha value is -0.780. The van der Waals surface area contributed by atoms with Gasteiger partial charge in [-0.25, -0.2) is 0 Å². The summed E-state index contributed by atoms with van der Waals surface area (Å²) in [6.07, 6.45) is 2.02. The van der Waals surface area contributed by atoms with Gasteiger partial charge in [-0.05, 0) is 19.4 Å². The van der Waals surface area contributed by atoms with E-state index in [0.717, 1.165) is 5.57 Å². The molecule has 1 heteroatoms. The van der Waals surface area contributed by atoms with Crippen molar-refractivity contribution in [1.82, 2.24) is 0 Å². The van der Waals surface area contributed by atoms with Crippen molar-refractivity contribution in [3.8, 4) is 0 Å². The molecule has 0 aromatic heterocycles. The summed E-state index contributed by atoms with van der Waals surface area (Å²) in [4.78, 5) is 0. The molecule has 0 amide bonds. The molecule has 0 aliphatic carbocycles. The van der Waals surface area contributed by atoms with Crippen LogP contribution in [-0.4, -0.2) is 11.2 Å². The summed E-state index contributed by atoms with van der Waals surface area (Å²) in [7, 11) is 0. The van der Waals surface area contributed by atoms with Gasteiger partial charge in [-0.2, -0.15) is 0 Å². The first-order valence-electron chi connectivity index (χ1n) is 4.09. The lowest BCUT2D eigenvalue weighted by Crippen LogP contribution is -2.27. The van der Waals surface area contributed by atoms with Crippen LogP contribution in [0.1, 0.15) is 27.2 Å². The molecule has 0 bridgehead atoms. The summed E-state index contributed by atoms with van der Waals surface area (Å²) >= 11 is 0. The molecule has 0 aliphatic rings. The lowest BCUT2D eigenvalue weighted by atomic mass is 9.83. The van der Waals surface area contributed by atoms with Gasteiger partial charge < -0.3 is 5.11 Å². The fraction of sp³-hybridized carbons (Fsp3) is 0.545. The first kappa shape index (κ1) is 11.2. The largest absolute Gasteiger partial charge is 0.392 e. The van der Waals surface area contributed by atoms with Crippen LogP contribution in [0.3, 0.4) is 0 Å². The zero-order valence-electron chi connectivity index (χ0n) is 8.22. The molecular weight excluding hydrogens is 148 g/mol. The van der Waals surface area contributed by atoms with E-state index in [2.05, 4.69) is 18.9 Å². The molecular formula is C11H18O. The van der Waals surface area contributed by atoms with E-state index in [9.17, 15) is 5.11 Å². The molecule has 68 valence electrons. The first-order chi connectivity index (χ1) is 5.40. The smallest absolute Gasteiger partial charge is 0.0668 e. The van der Waals surface area contributed by atoms with Gasteiger partial charge in [0.1, 0.15) is 0 Å². The van der Waals surface area contributed by atoms with E-state index in [-0.39, 0.29) is 5.41 Å². The van der Waals surface area contributed by atoms with Gasteiger partial charge in [0.25, 0.3) is 0 Å². The fourth-order valence-electron chi connectivity index (χ4n) is 0.952. The van der Waals surface area contributed by atoms with Crippen LogP contribution in [0, 0.1) is 5.41 Å². The third-order valence-corrected chi connectivity index (χ3v) is 1.87. The van der Waals surface area contributed by atoms with E-state index in [0.29, 0.717) is 6.42 Å². The number of aliphatic hydroxyl groups is 1. The molecule has 0 saturated heterocycles. The highest BCUT2D eigenvalue weighted by molar-refractivity contribution is 5.01. The minimum Gasteiger partial charge on any atom is -0.392 e. The maximum absolute atomic E-state index is 9.72. The molecule has 0 aromatic carbocycles. The van der Waals surface area contributed by atoms with Gasteiger partial charge in [0.15, 0.2) is 0 Å². The molecule has 1 N–H and O–H groups in total. The Bertz CT molecular complexity index is 207. The molecule has 12 heavy (non-hydrogen) atoms. The Morgan fingerprint density at radius 1 is 1.67 bits per heavy atom. The van der Waals surface area contributed by atoms with Crippen molar-refractivity contribution in [2.45, 2.75) is 33.3 Å². The first-order valence-corrected chi connectivity index (χ1v) is 4.09. The Kier molecular flexibility index (Phi) is 4.02. The highest BCUT2D eigenvalue weighted by Crippen LogP contribution is 2.25. The van der Waals surface area contributed by atoms with E-state index in [4.69, 9.17) is 0 Å². The summed E-state index contributed by atoms with van der Waals surface area (Å²) in [5, 5.41) is 9.72. The topological polar surface area (TPSA) is 20.2 Å². The molecule has 1 nitrogen and oxygen atoms in total. The monoisotopic (exact) mass is 166 g/mol. The molecule has 0 spiro atoms. The average molecular weight is 166 g/mol. The van der Waals surface area contributed by atoms with Gasteiger partial charge in [0.05, 0.1) is 6.10 Å². The van der Waals surface area contributed by atoms with Crippen LogP contribution in [0.2, 0.25) is 0 Å². The van der Waals surface area contributed by atoms with E-state index < -0.39 is 6.10 Å². The van der Waals surface area contributed by atoms with Crippen LogP contribution in [-0.2, 0) is 0 Å². The van der Waals surface area contributed by atoms with Crippen molar-refractivity contribution in [2.75, 3.05) is 0 Å². The average Bonchev–Trinajstić information content (AvgIpc) is 1.85. The summed E-state index contributed by atoms with van der Waals surface area (Å²) in [6.45, 7) is 13.1. The quantitative estimate of drug-likeness (QED) is 0.503. The third-order valence-electron chi connectivity index (χ3n) is 1.87. The van der Waals surface area contributed by atoms with Crippen molar-refractivity contribution >= 4 is 0 Å². The number of rotatable bonds is 4. The molecule has 0 aliphatic heterocycles. The zero-order valence-corrected chi connectivity index (χ0v) is 8.22. The number of aliphatic hydroxyl groups excluding tert-OH is 1. The Morgan fingerprint density at radius 2 is 2.17 bits per heavy atom. The molecule has 0 aromatic rings. The molecule has 0 radical (unpaired) electrons. The number of hydrogen-bond acceptors (Lipinski definition) is 1. The van der Waals surface area contributed by atoms with Crippen LogP contribution in [0.15, 0.2) is 30.5 Å². The van der Waals surface area contributed by atoms with Gasteiger partial charge >= 0.3 is 0 Å². The molecule has 0 fully saturated rings. The van der Waals surface area contributed by atoms with Crippen LogP contribution < -0.4 is 0 Å². The lowest BCUT2D eigenvalue weighted by Gasteiger charge is -2.26. The molecule has 1 unspecified atom stereocenters. The van der Waals surface area contributed by atoms with Gasteiger partial charge in [0, 0.05) is 5.41 Å². The molecule has 0 rings (SSSR count). The Labute approximate surface area is 75.1 Å². The van der Waals surface area contributed by atoms with Crippen molar-refractivity contribution in [3.63, 3.8) is 0 Å². The van der Waals surface area contributed by atoms with Gasteiger partial charge in [-0.15, -0.1) is 12.3 Å². The van der Waals surface area contributed by atoms with Crippen LogP contribution in [0.25, 0.3) is 0 Å². The van der Waals surface area contributed by atoms with E-state index in [1.54, 1.807) is 6.08 Å². The lowest BCUT2D eigenvalue weighted by molar-refractivity contribution is 0.0826. The normalized spacial score (nSPS) is 13.3. The van der Waals surface area contributed by atoms with Crippen LogP contribution >= 0.6 is 0 Å². The highest BCUT2D eigenvalue weighted by atomic mass is 16.3. The second kappa shape index (κ2) is 4.30. The minimum atomic E-state index is -0.399. The fourth-order valence-corrected chi connectivity index (χ4v) is 0.952. The molecule has 1 atom stereocenters. The standard InChI is InChI=1S/C11H18O/c1-6-7-11(4,5)10(12)8-9(2)3/h7,10,12H,1-2,8H2,3-5H3. The second-order valence-electron chi connectivity index (χ2n) is 3.85. The second-order valence-corrected chi connectivity index (χ2v) is 3.85. The Balaban J connectivity index is 4.34. The highest BCUT2D eigenvalue weighted by Gasteiger charge is 2.24. The number of hydrogen-bond donors (Lipinski definition) is 1. The van der Waals surface area contributed by atoms with Crippen molar-refractivity contribution in [3.05, 3.63) is 30.5 Å². The predicted molar refractivity (Wildman–Crippen MR) is 52.9 cm³/mol. The van der Waals surface area contributed by atoms with Crippen LogP contribution in [0.4, 0.5) is 0 Å². The van der Waals surface area contributed by atoms with E-state index >= 15 is 0 Å². The Morgan fingerprint density at radius 3 is 2.50 bits per heavy atom. The van der Waals surface area contributed by atoms with Gasteiger partial charge in [0.2, 0.25) is 0 Å². The van der Waals surface area contributed by atoms with Gasteiger partial charge in [-0.1, -0.05) is 26.0 Å². The van der Waals surface area contributed by atoms with E-state index in [1.807, 2.05) is 20.8 Å². The predicted octanol–water partition coefficient (Wildman–Crippen LogP) is 2.68. The van der Waals surface area contributed by atoms with Crippen molar-refractivity contribution in [1.29, 1.82) is 0 Å². The van der Waals surface area contributed by atoms with Crippen molar-refractivity contribution < 1.29 is 5.11 Å². The molecule has 0 heterocycles.